The minimum atomic E-state index is 1.16. The predicted octanol–water partition coefficient (Wildman–Crippen LogP) is 4.60. The van der Waals surface area contributed by atoms with Crippen LogP contribution in [0.2, 0.25) is 0 Å². The fourth-order valence-electron chi connectivity index (χ4n) is 1.72. The van der Waals surface area contributed by atoms with Gasteiger partial charge in [-0.25, -0.2) is 0 Å². The number of aryl methyl sites for hydroxylation is 1. The van der Waals surface area contributed by atoms with Crippen molar-refractivity contribution in [1.29, 1.82) is 0 Å². The fraction of sp³-hybridized carbons (Fsp3) is 0.200. The van der Waals surface area contributed by atoms with Gasteiger partial charge in [-0.2, -0.15) is 0 Å². The summed E-state index contributed by atoms with van der Waals surface area (Å²) in [6, 6.07) is 2.31. The van der Waals surface area contributed by atoms with Gasteiger partial charge in [0.1, 0.15) is 0 Å². The third kappa shape index (κ3) is 1.21. The van der Waals surface area contributed by atoms with E-state index in [1.54, 1.807) is 5.56 Å². The van der Waals surface area contributed by atoms with Gasteiger partial charge in [0.2, 0.25) is 0 Å². The molecule has 3 rings (SSSR count). The molecular formula is C10H7IS2. The molecule has 2 aromatic rings. The summed E-state index contributed by atoms with van der Waals surface area (Å²) in [5.41, 5.74) is 1.57. The zero-order valence-corrected chi connectivity index (χ0v) is 10.8. The normalized spacial score (nSPS) is 15.1. The van der Waals surface area contributed by atoms with Gasteiger partial charge >= 0.3 is 0 Å². The van der Waals surface area contributed by atoms with Crippen LogP contribution in [0.4, 0.5) is 0 Å². The van der Waals surface area contributed by atoms with Crippen molar-refractivity contribution < 1.29 is 0 Å². The topological polar surface area (TPSA) is 0 Å². The summed E-state index contributed by atoms with van der Waals surface area (Å²) in [4.78, 5) is 2.93. The lowest BCUT2D eigenvalue weighted by Gasteiger charge is -1.88. The molecule has 0 bridgehead atoms. The first-order chi connectivity index (χ1) is 6.24. The highest BCUT2D eigenvalue weighted by atomic mass is 127. The molecule has 0 spiro atoms. The summed E-state index contributed by atoms with van der Waals surface area (Å²) in [6.07, 6.45) is 3.48. The van der Waals surface area contributed by atoms with Crippen LogP contribution >= 0.6 is 45.3 Å². The number of allylic oxidation sites excluding steroid dienone is 1. The van der Waals surface area contributed by atoms with Crippen molar-refractivity contribution >= 4 is 60.7 Å². The second-order valence-electron chi connectivity index (χ2n) is 3.26. The number of hydrogen-bond acceptors (Lipinski definition) is 2. The van der Waals surface area contributed by atoms with Gasteiger partial charge in [-0.15, -0.1) is 22.7 Å². The molecule has 2 aromatic heterocycles. The zero-order valence-electron chi connectivity index (χ0n) is 7.06. The van der Waals surface area contributed by atoms with Crippen molar-refractivity contribution in [3.8, 4) is 0 Å². The van der Waals surface area contributed by atoms with Gasteiger partial charge in [0, 0.05) is 25.6 Å². The molecule has 0 aliphatic heterocycles. The summed E-state index contributed by atoms with van der Waals surface area (Å²) in [5, 5.41) is 0. The molecule has 1 aliphatic rings. The van der Waals surface area contributed by atoms with E-state index in [2.05, 4.69) is 41.7 Å². The Kier molecular flexibility index (Phi) is 1.82. The van der Waals surface area contributed by atoms with E-state index in [9.17, 15) is 0 Å². The molecule has 13 heavy (non-hydrogen) atoms. The Balaban J connectivity index is 2.35. The predicted molar refractivity (Wildman–Crippen MR) is 70.1 cm³/mol. The second-order valence-corrected chi connectivity index (χ2v) is 6.99. The Labute approximate surface area is 98.4 Å². The molecule has 0 nitrogen and oxygen atoms in total. The van der Waals surface area contributed by atoms with Gasteiger partial charge < -0.3 is 0 Å². The van der Waals surface area contributed by atoms with Crippen molar-refractivity contribution in [2.45, 2.75) is 13.3 Å². The van der Waals surface area contributed by atoms with Crippen molar-refractivity contribution in [1.82, 2.24) is 0 Å². The SMILES string of the molecule is Cc1cc2sc3c(c2s1)CC(I)=C3. The summed E-state index contributed by atoms with van der Waals surface area (Å²) in [6.45, 7) is 2.19. The molecule has 0 unspecified atom stereocenters. The number of halogens is 1. The molecule has 1 aliphatic carbocycles. The number of hydrogen-bond donors (Lipinski definition) is 0. The maximum absolute atomic E-state index is 2.44. The standard InChI is InChI=1S/C10H7IS2/c1-5-2-9-10(12-5)7-3-6(11)4-8(7)13-9/h2,4H,3H2,1H3. The largest absolute Gasteiger partial charge is 0.139 e. The smallest absolute Gasteiger partial charge is 0.0495 e. The van der Waals surface area contributed by atoms with E-state index in [-0.39, 0.29) is 0 Å². The molecule has 66 valence electrons. The van der Waals surface area contributed by atoms with Gasteiger partial charge in [0.15, 0.2) is 0 Å². The molecule has 0 radical (unpaired) electrons. The highest BCUT2D eigenvalue weighted by Crippen LogP contribution is 2.43. The lowest BCUT2D eigenvalue weighted by Crippen LogP contribution is -1.73. The van der Waals surface area contributed by atoms with E-state index in [0.717, 1.165) is 6.42 Å². The van der Waals surface area contributed by atoms with E-state index in [4.69, 9.17) is 0 Å². The highest BCUT2D eigenvalue weighted by Gasteiger charge is 2.18. The Morgan fingerprint density at radius 2 is 2.23 bits per heavy atom. The van der Waals surface area contributed by atoms with Crippen LogP contribution in [0, 0.1) is 6.92 Å². The Hall–Kier alpha value is 0.130. The van der Waals surface area contributed by atoms with E-state index >= 15 is 0 Å². The molecule has 0 saturated carbocycles. The third-order valence-electron chi connectivity index (χ3n) is 2.25. The Morgan fingerprint density at radius 1 is 1.38 bits per heavy atom. The fourth-order valence-corrected chi connectivity index (χ4v) is 5.16. The van der Waals surface area contributed by atoms with E-state index < -0.39 is 0 Å². The van der Waals surface area contributed by atoms with Crippen LogP contribution in [0.15, 0.2) is 9.65 Å². The number of fused-ring (bicyclic) bond motifs is 3. The number of rotatable bonds is 0. The van der Waals surface area contributed by atoms with Gasteiger partial charge in [-0.1, -0.05) is 0 Å². The van der Waals surface area contributed by atoms with Crippen LogP contribution in [0.25, 0.3) is 15.5 Å². The van der Waals surface area contributed by atoms with Crippen molar-refractivity contribution in [2.24, 2.45) is 0 Å². The van der Waals surface area contributed by atoms with Crippen molar-refractivity contribution in [3.05, 3.63) is 25.0 Å². The number of thiophene rings is 2. The van der Waals surface area contributed by atoms with Crippen LogP contribution in [0.1, 0.15) is 15.3 Å². The van der Waals surface area contributed by atoms with Crippen LogP contribution in [0.3, 0.4) is 0 Å². The van der Waals surface area contributed by atoms with Crippen LogP contribution in [-0.4, -0.2) is 0 Å². The third-order valence-corrected chi connectivity index (χ3v) is 5.30. The monoisotopic (exact) mass is 318 g/mol. The van der Waals surface area contributed by atoms with Crippen molar-refractivity contribution in [3.63, 3.8) is 0 Å². The molecule has 0 aromatic carbocycles. The lowest BCUT2D eigenvalue weighted by molar-refractivity contribution is 1.36. The second kappa shape index (κ2) is 2.81. The van der Waals surface area contributed by atoms with Crippen LogP contribution in [0.5, 0.6) is 0 Å². The first-order valence-corrected chi connectivity index (χ1v) is 6.83. The van der Waals surface area contributed by atoms with Crippen molar-refractivity contribution in [2.75, 3.05) is 0 Å². The average Bonchev–Trinajstić information content (AvgIpc) is 2.60. The van der Waals surface area contributed by atoms with Crippen LogP contribution in [-0.2, 0) is 6.42 Å². The van der Waals surface area contributed by atoms with Gasteiger partial charge in [0.25, 0.3) is 0 Å². The van der Waals surface area contributed by atoms with E-state index in [1.165, 1.54) is 22.7 Å². The van der Waals surface area contributed by atoms with Gasteiger partial charge in [-0.05, 0) is 50.8 Å². The maximum atomic E-state index is 2.44. The van der Waals surface area contributed by atoms with Gasteiger partial charge in [0.05, 0.1) is 0 Å². The molecule has 0 N–H and O–H groups in total. The molecule has 3 heteroatoms. The quantitative estimate of drug-likeness (QED) is 0.623. The molecule has 2 heterocycles. The molecule has 0 amide bonds. The molecule has 0 saturated heterocycles. The summed E-state index contributed by atoms with van der Waals surface area (Å²) >= 11 is 6.32. The summed E-state index contributed by atoms with van der Waals surface area (Å²) in [7, 11) is 0. The minimum Gasteiger partial charge on any atom is -0.139 e. The molecular weight excluding hydrogens is 311 g/mol. The lowest BCUT2D eigenvalue weighted by atomic mass is 10.2. The van der Waals surface area contributed by atoms with Gasteiger partial charge in [-0.3, -0.25) is 0 Å². The average molecular weight is 318 g/mol. The van der Waals surface area contributed by atoms with E-state index in [0.29, 0.717) is 0 Å². The Morgan fingerprint density at radius 3 is 3.08 bits per heavy atom. The minimum absolute atomic E-state index is 1.16. The Bertz CT molecular complexity index is 516. The van der Waals surface area contributed by atoms with Crippen LogP contribution < -0.4 is 0 Å². The summed E-state index contributed by atoms with van der Waals surface area (Å²) in [5.74, 6) is 0. The zero-order chi connectivity index (χ0) is 9.00. The first kappa shape index (κ1) is 8.44. The first-order valence-electron chi connectivity index (χ1n) is 4.12. The molecule has 0 atom stereocenters. The molecule has 0 fully saturated rings. The highest BCUT2D eigenvalue weighted by molar-refractivity contribution is 14.1. The summed E-state index contributed by atoms with van der Waals surface area (Å²) < 4.78 is 4.49. The van der Waals surface area contributed by atoms with E-state index in [1.807, 2.05) is 22.7 Å². The maximum Gasteiger partial charge on any atom is 0.0495 e.